The molecule has 0 saturated heterocycles. The van der Waals surface area contributed by atoms with Crippen LogP contribution in [0.1, 0.15) is 25.6 Å². The van der Waals surface area contributed by atoms with E-state index in [1.54, 1.807) is 20.8 Å². The quantitative estimate of drug-likeness (QED) is 0.811. The van der Waals surface area contributed by atoms with Gasteiger partial charge in [0.2, 0.25) is 15.9 Å². The third-order valence-corrected chi connectivity index (χ3v) is 5.63. The van der Waals surface area contributed by atoms with Gasteiger partial charge in [0.15, 0.2) is 12.4 Å². The molecule has 1 aromatic carbocycles. The van der Waals surface area contributed by atoms with Crippen molar-refractivity contribution < 1.29 is 22.5 Å². The maximum absolute atomic E-state index is 12.4. The van der Waals surface area contributed by atoms with Crippen LogP contribution in [-0.4, -0.2) is 37.1 Å². The average molecular weight is 401 g/mol. The number of fused-ring (bicyclic) bond motifs is 1. The van der Waals surface area contributed by atoms with Crippen LogP contribution >= 0.6 is 11.6 Å². The number of carbonyl (C=O) groups is 1. The third-order valence-electron chi connectivity index (χ3n) is 3.51. The molecule has 26 heavy (non-hydrogen) atoms. The van der Waals surface area contributed by atoms with Crippen LogP contribution in [-0.2, 0) is 21.4 Å². The molecular weight excluding hydrogens is 384 g/mol. The summed E-state index contributed by atoms with van der Waals surface area (Å²) in [6.07, 6.45) is 0. The molecule has 0 radical (unpaired) electrons. The second kappa shape index (κ2) is 6.86. The zero-order chi connectivity index (χ0) is 19.1. The summed E-state index contributed by atoms with van der Waals surface area (Å²) in [5.74, 6) is 0.600. The van der Waals surface area contributed by atoms with E-state index in [-0.39, 0.29) is 40.8 Å². The van der Waals surface area contributed by atoms with Gasteiger partial charge in [0, 0.05) is 19.0 Å². The van der Waals surface area contributed by atoms with Crippen LogP contribution < -0.4 is 14.4 Å². The van der Waals surface area contributed by atoms with Crippen molar-refractivity contribution in [3.05, 3.63) is 28.9 Å². The van der Waals surface area contributed by atoms with Crippen LogP contribution in [0.3, 0.4) is 0 Å². The SMILES string of the molecule is Cc1nc(CN2C(=O)COc3cc(S(=O)(=O)NC(C)C)c(Cl)cc32)no1. The van der Waals surface area contributed by atoms with Gasteiger partial charge in [-0.1, -0.05) is 16.8 Å². The summed E-state index contributed by atoms with van der Waals surface area (Å²) in [5.41, 5.74) is 0.345. The topological polar surface area (TPSA) is 115 Å². The Balaban J connectivity index is 2.00. The van der Waals surface area contributed by atoms with E-state index in [4.69, 9.17) is 20.9 Å². The van der Waals surface area contributed by atoms with Gasteiger partial charge in [-0.3, -0.25) is 9.69 Å². The average Bonchev–Trinajstić information content (AvgIpc) is 2.94. The zero-order valence-corrected chi connectivity index (χ0v) is 15.9. The molecule has 3 rings (SSSR count). The highest BCUT2D eigenvalue weighted by Crippen LogP contribution is 2.39. The minimum Gasteiger partial charge on any atom is -0.482 e. The van der Waals surface area contributed by atoms with Gasteiger partial charge in [0.25, 0.3) is 5.91 Å². The minimum absolute atomic E-state index is 0.0236. The standard InChI is InChI=1S/C15H17ClN4O5S/c1-8(2)19-26(22,23)13-5-12-11(4-10(13)16)20(15(21)7-24-12)6-14-17-9(3)25-18-14/h4-5,8,19H,6-7H2,1-3H3. The van der Waals surface area contributed by atoms with Crippen LogP contribution in [0.4, 0.5) is 5.69 Å². The molecule has 9 nitrogen and oxygen atoms in total. The lowest BCUT2D eigenvalue weighted by Gasteiger charge is -2.29. The molecule has 2 aromatic rings. The maximum Gasteiger partial charge on any atom is 0.265 e. The first-order valence-electron chi connectivity index (χ1n) is 7.75. The Morgan fingerprint density at radius 1 is 1.38 bits per heavy atom. The van der Waals surface area contributed by atoms with Gasteiger partial charge in [-0.15, -0.1) is 0 Å². The third kappa shape index (κ3) is 3.67. The van der Waals surface area contributed by atoms with Crippen molar-refractivity contribution in [1.29, 1.82) is 0 Å². The summed E-state index contributed by atoms with van der Waals surface area (Å²) in [5, 5.41) is 3.75. The first-order valence-corrected chi connectivity index (χ1v) is 9.61. The van der Waals surface area contributed by atoms with Crippen LogP contribution in [0.25, 0.3) is 0 Å². The number of aromatic nitrogens is 2. The molecule has 1 aliphatic heterocycles. The number of rotatable bonds is 5. The van der Waals surface area contributed by atoms with E-state index < -0.39 is 10.0 Å². The van der Waals surface area contributed by atoms with Crippen molar-refractivity contribution in [1.82, 2.24) is 14.9 Å². The molecule has 1 amide bonds. The lowest BCUT2D eigenvalue weighted by Crippen LogP contribution is -2.39. The Hall–Kier alpha value is -2.17. The number of aryl methyl sites for hydroxylation is 1. The molecule has 0 aliphatic carbocycles. The first-order chi connectivity index (χ1) is 12.2. The Morgan fingerprint density at radius 2 is 2.12 bits per heavy atom. The highest BCUT2D eigenvalue weighted by molar-refractivity contribution is 7.89. The number of hydrogen-bond donors (Lipinski definition) is 1. The van der Waals surface area contributed by atoms with Crippen LogP contribution in [0.5, 0.6) is 5.75 Å². The second-order valence-corrected chi connectivity index (χ2v) is 8.11. The van der Waals surface area contributed by atoms with Crippen molar-refractivity contribution >= 4 is 33.2 Å². The molecule has 1 aliphatic rings. The number of carbonyl (C=O) groups excluding carboxylic acids is 1. The molecule has 1 aromatic heterocycles. The van der Waals surface area contributed by atoms with Gasteiger partial charge in [-0.2, -0.15) is 4.98 Å². The summed E-state index contributed by atoms with van der Waals surface area (Å²) in [7, 11) is -3.82. The van der Waals surface area contributed by atoms with Crippen molar-refractivity contribution in [2.45, 2.75) is 38.3 Å². The van der Waals surface area contributed by atoms with Gasteiger partial charge in [0.1, 0.15) is 10.6 Å². The molecule has 0 fully saturated rings. The fraction of sp³-hybridized carbons (Fsp3) is 0.400. The zero-order valence-electron chi connectivity index (χ0n) is 14.3. The van der Waals surface area contributed by atoms with Crippen molar-refractivity contribution in [3.63, 3.8) is 0 Å². The van der Waals surface area contributed by atoms with Gasteiger partial charge in [0.05, 0.1) is 17.3 Å². The largest absolute Gasteiger partial charge is 0.482 e. The molecule has 2 heterocycles. The van der Waals surface area contributed by atoms with Gasteiger partial charge < -0.3 is 9.26 Å². The van der Waals surface area contributed by atoms with E-state index in [1.165, 1.54) is 17.0 Å². The normalized spacial score (nSPS) is 14.5. The number of nitrogens with zero attached hydrogens (tertiary/aromatic N) is 3. The molecular formula is C15H17ClN4O5S. The smallest absolute Gasteiger partial charge is 0.265 e. The van der Waals surface area contributed by atoms with E-state index in [0.29, 0.717) is 17.4 Å². The van der Waals surface area contributed by atoms with Crippen molar-refractivity contribution in [2.24, 2.45) is 0 Å². The number of sulfonamides is 1. The van der Waals surface area contributed by atoms with Crippen LogP contribution in [0.15, 0.2) is 21.6 Å². The van der Waals surface area contributed by atoms with Crippen molar-refractivity contribution in [3.8, 4) is 5.75 Å². The molecule has 0 unspecified atom stereocenters. The van der Waals surface area contributed by atoms with Gasteiger partial charge in [-0.05, 0) is 19.9 Å². The fourth-order valence-electron chi connectivity index (χ4n) is 2.50. The van der Waals surface area contributed by atoms with E-state index in [2.05, 4.69) is 14.9 Å². The molecule has 0 saturated carbocycles. The lowest BCUT2D eigenvalue weighted by molar-refractivity contribution is -0.121. The summed E-state index contributed by atoms with van der Waals surface area (Å²) in [4.78, 5) is 17.6. The molecule has 11 heteroatoms. The number of anilines is 1. The molecule has 0 atom stereocenters. The van der Waals surface area contributed by atoms with Crippen molar-refractivity contribution in [2.75, 3.05) is 11.5 Å². The summed E-state index contributed by atoms with van der Waals surface area (Å²) >= 11 is 6.19. The number of hydrogen-bond acceptors (Lipinski definition) is 7. The highest BCUT2D eigenvalue weighted by Gasteiger charge is 2.30. The molecule has 140 valence electrons. The number of amides is 1. The van der Waals surface area contributed by atoms with E-state index in [0.717, 1.165) is 0 Å². The summed E-state index contributed by atoms with van der Waals surface area (Å²) in [6, 6.07) is 2.39. The number of ether oxygens (including phenoxy) is 1. The van der Waals surface area contributed by atoms with E-state index >= 15 is 0 Å². The van der Waals surface area contributed by atoms with E-state index in [1.807, 2.05) is 0 Å². The number of halogens is 1. The Labute approximate surface area is 155 Å². The predicted octanol–water partition coefficient (Wildman–Crippen LogP) is 1.64. The second-order valence-electron chi connectivity index (χ2n) is 6.02. The monoisotopic (exact) mass is 400 g/mol. The Morgan fingerprint density at radius 3 is 2.73 bits per heavy atom. The minimum atomic E-state index is -3.82. The number of nitrogens with one attached hydrogen (secondary N) is 1. The Bertz CT molecular complexity index is 957. The maximum atomic E-state index is 12.4. The summed E-state index contributed by atoms with van der Waals surface area (Å²) < 4.78 is 37.6. The van der Waals surface area contributed by atoms with Crippen LogP contribution in [0.2, 0.25) is 5.02 Å². The molecule has 1 N–H and O–H groups in total. The first kappa shape index (κ1) is 18.6. The lowest BCUT2D eigenvalue weighted by atomic mass is 10.2. The summed E-state index contributed by atoms with van der Waals surface area (Å²) in [6.45, 7) is 4.87. The molecule has 0 bridgehead atoms. The Kier molecular flexibility index (Phi) is 4.91. The van der Waals surface area contributed by atoms with Crippen LogP contribution in [0, 0.1) is 6.92 Å². The molecule has 0 spiro atoms. The van der Waals surface area contributed by atoms with E-state index in [9.17, 15) is 13.2 Å². The fourth-order valence-corrected chi connectivity index (χ4v) is 4.29. The van der Waals surface area contributed by atoms with Gasteiger partial charge >= 0.3 is 0 Å². The predicted molar refractivity (Wildman–Crippen MR) is 92.6 cm³/mol. The van der Waals surface area contributed by atoms with Gasteiger partial charge in [-0.25, -0.2) is 13.1 Å². The number of benzene rings is 1. The highest BCUT2D eigenvalue weighted by atomic mass is 35.5.